The molecule has 2 rings (SSSR count). The molecule has 1 aliphatic carbocycles. The summed E-state index contributed by atoms with van der Waals surface area (Å²) in [6.45, 7) is 0.103. The quantitative estimate of drug-likeness (QED) is 0.919. The summed E-state index contributed by atoms with van der Waals surface area (Å²) < 4.78 is 26.6. The molecule has 106 valence electrons. The summed E-state index contributed by atoms with van der Waals surface area (Å²) in [5, 5.41) is 9.06. The largest absolute Gasteiger partial charge is 0.299 e. The number of rotatable bonds is 4. The van der Waals surface area contributed by atoms with Crippen LogP contribution in [0.2, 0.25) is 5.02 Å². The van der Waals surface area contributed by atoms with Gasteiger partial charge in [-0.25, -0.2) is 13.1 Å². The standard InChI is InChI=1S/C13H13ClN2O3S/c14-12-5-4-11(6-10(12)7-15)20(18,19)16-8-9-2-1-3-13(9)17/h4-6,9,16H,1-3,8H2. The number of ketones is 1. The first-order chi connectivity index (χ1) is 9.44. The number of benzene rings is 1. The molecule has 0 heterocycles. The Morgan fingerprint density at radius 1 is 1.45 bits per heavy atom. The molecule has 5 nitrogen and oxygen atoms in total. The summed E-state index contributed by atoms with van der Waals surface area (Å²) in [6, 6.07) is 5.76. The van der Waals surface area contributed by atoms with Crippen LogP contribution in [0, 0.1) is 17.2 Å². The minimum atomic E-state index is -3.73. The number of carbonyl (C=O) groups excluding carboxylic acids is 1. The van der Waals surface area contributed by atoms with Crippen LogP contribution in [0.5, 0.6) is 0 Å². The van der Waals surface area contributed by atoms with Gasteiger partial charge in [-0.05, 0) is 31.0 Å². The fourth-order valence-corrected chi connectivity index (χ4v) is 3.42. The van der Waals surface area contributed by atoms with Crippen molar-refractivity contribution >= 4 is 27.4 Å². The zero-order valence-corrected chi connectivity index (χ0v) is 12.2. The van der Waals surface area contributed by atoms with Crippen LogP contribution in [-0.4, -0.2) is 20.7 Å². The second kappa shape index (κ2) is 5.92. The van der Waals surface area contributed by atoms with E-state index in [1.54, 1.807) is 0 Å². The molecule has 1 aromatic rings. The maximum absolute atomic E-state index is 12.1. The van der Waals surface area contributed by atoms with Gasteiger partial charge in [0.1, 0.15) is 11.9 Å². The molecule has 1 saturated carbocycles. The highest BCUT2D eigenvalue weighted by Crippen LogP contribution is 2.22. The lowest BCUT2D eigenvalue weighted by Gasteiger charge is -2.11. The van der Waals surface area contributed by atoms with Gasteiger partial charge < -0.3 is 0 Å². The van der Waals surface area contributed by atoms with Crippen molar-refractivity contribution in [3.8, 4) is 6.07 Å². The van der Waals surface area contributed by atoms with Gasteiger partial charge in [0.2, 0.25) is 10.0 Å². The molecular formula is C13H13ClN2O3S. The SMILES string of the molecule is N#Cc1cc(S(=O)(=O)NCC2CCCC2=O)ccc1Cl. The zero-order chi connectivity index (χ0) is 14.8. The maximum atomic E-state index is 12.1. The minimum absolute atomic E-state index is 0.0242. The lowest BCUT2D eigenvalue weighted by Crippen LogP contribution is -2.31. The van der Waals surface area contributed by atoms with Crippen molar-refractivity contribution in [1.29, 1.82) is 5.26 Å². The van der Waals surface area contributed by atoms with Crippen molar-refractivity contribution in [3.63, 3.8) is 0 Å². The van der Waals surface area contributed by atoms with Crippen LogP contribution in [0.15, 0.2) is 23.1 Å². The Balaban J connectivity index is 2.14. The maximum Gasteiger partial charge on any atom is 0.240 e. The first-order valence-corrected chi connectivity index (χ1v) is 8.02. The Bertz CT molecular complexity index is 679. The van der Waals surface area contributed by atoms with Gasteiger partial charge in [0.25, 0.3) is 0 Å². The molecule has 1 atom stereocenters. The van der Waals surface area contributed by atoms with Gasteiger partial charge in [0, 0.05) is 18.9 Å². The first kappa shape index (κ1) is 15.0. The Kier molecular flexibility index (Phi) is 4.43. The molecule has 0 aromatic heterocycles. The summed E-state index contributed by atoms with van der Waals surface area (Å²) >= 11 is 5.76. The van der Waals surface area contributed by atoms with Crippen LogP contribution in [0.3, 0.4) is 0 Å². The number of hydrogen-bond acceptors (Lipinski definition) is 4. The Hall–Kier alpha value is -1.42. The summed E-state index contributed by atoms with van der Waals surface area (Å²) in [6.07, 6.45) is 2.04. The number of nitrogens with one attached hydrogen (secondary N) is 1. The van der Waals surface area contributed by atoms with Crippen molar-refractivity contribution in [2.45, 2.75) is 24.2 Å². The number of nitrogens with zero attached hydrogens (tertiary/aromatic N) is 1. The van der Waals surface area contributed by atoms with Crippen molar-refractivity contribution in [1.82, 2.24) is 4.72 Å². The van der Waals surface area contributed by atoms with E-state index in [1.165, 1.54) is 18.2 Å². The van der Waals surface area contributed by atoms with Crippen molar-refractivity contribution in [3.05, 3.63) is 28.8 Å². The van der Waals surface area contributed by atoms with E-state index in [2.05, 4.69) is 4.72 Å². The van der Waals surface area contributed by atoms with E-state index >= 15 is 0 Å². The summed E-state index contributed by atoms with van der Waals surface area (Å²) in [7, 11) is -3.73. The lowest BCUT2D eigenvalue weighted by atomic mass is 10.1. The molecule has 1 N–H and O–H groups in total. The molecule has 1 unspecified atom stereocenters. The summed E-state index contributed by atoms with van der Waals surface area (Å²) in [5.41, 5.74) is 0.103. The highest BCUT2D eigenvalue weighted by Gasteiger charge is 2.26. The predicted octanol–water partition coefficient (Wildman–Crippen LogP) is 1.86. The molecular weight excluding hydrogens is 300 g/mol. The zero-order valence-electron chi connectivity index (χ0n) is 10.6. The smallest absolute Gasteiger partial charge is 0.240 e. The Labute approximate surface area is 122 Å². The molecule has 1 aliphatic rings. The van der Waals surface area contributed by atoms with Gasteiger partial charge in [-0.15, -0.1) is 0 Å². The second-order valence-corrected chi connectivity index (χ2v) is 6.83. The molecule has 1 aromatic carbocycles. The Morgan fingerprint density at radius 2 is 2.20 bits per heavy atom. The van der Waals surface area contributed by atoms with E-state index in [1.807, 2.05) is 6.07 Å². The molecule has 0 spiro atoms. The second-order valence-electron chi connectivity index (χ2n) is 4.66. The topological polar surface area (TPSA) is 87.0 Å². The molecule has 20 heavy (non-hydrogen) atoms. The number of hydrogen-bond donors (Lipinski definition) is 1. The molecule has 0 bridgehead atoms. The molecule has 7 heteroatoms. The third kappa shape index (κ3) is 3.18. The van der Waals surface area contributed by atoms with E-state index in [0.717, 1.165) is 6.42 Å². The van der Waals surface area contributed by atoms with E-state index in [9.17, 15) is 13.2 Å². The van der Waals surface area contributed by atoms with Gasteiger partial charge in [-0.3, -0.25) is 4.79 Å². The van der Waals surface area contributed by atoms with Crippen molar-refractivity contribution < 1.29 is 13.2 Å². The van der Waals surface area contributed by atoms with Crippen molar-refractivity contribution in [2.75, 3.05) is 6.54 Å². The van der Waals surface area contributed by atoms with E-state index in [0.29, 0.717) is 12.8 Å². The molecule has 0 saturated heterocycles. The van der Waals surface area contributed by atoms with E-state index in [4.69, 9.17) is 16.9 Å². The number of sulfonamides is 1. The van der Waals surface area contributed by atoms with Gasteiger partial charge in [-0.2, -0.15) is 5.26 Å². The van der Waals surface area contributed by atoms with Gasteiger partial charge in [-0.1, -0.05) is 11.6 Å². The van der Waals surface area contributed by atoms with E-state index < -0.39 is 10.0 Å². The van der Waals surface area contributed by atoms with Crippen LogP contribution >= 0.6 is 11.6 Å². The van der Waals surface area contributed by atoms with Crippen LogP contribution in [0.4, 0.5) is 0 Å². The van der Waals surface area contributed by atoms with Crippen LogP contribution in [0.1, 0.15) is 24.8 Å². The molecule has 0 radical (unpaired) electrons. The Morgan fingerprint density at radius 3 is 2.80 bits per heavy atom. The average molecular weight is 313 g/mol. The third-order valence-corrected chi connectivity index (χ3v) is 5.07. The van der Waals surface area contributed by atoms with Crippen molar-refractivity contribution in [2.24, 2.45) is 5.92 Å². The van der Waals surface area contributed by atoms with E-state index in [-0.39, 0.29) is 33.7 Å². The first-order valence-electron chi connectivity index (χ1n) is 6.16. The van der Waals surface area contributed by atoms with Crippen LogP contribution in [0.25, 0.3) is 0 Å². The number of Topliss-reactive ketones (excluding diaryl/α,β-unsaturated/α-hetero) is 1. The number of nitriles is 1. The summed E-state index contributed by atoms with van der Waals surface area (Å²) in [5.74, 6) is -0.144. The lowest BCUT2D eigenvalue weighted by molar-refractivity contribution is -0.120. The normalized spacial score (nSPS) is 19.0. The molecule has 0 aliphatic heterocycles. The predicted molar refractivity (Wildman–Crippen MR) is 73.7 cm³/mol. The van der Waals surface area contributed by atoms with Gasteiger partial charge in [0.05, 0.1) is 15.5 Å². The highest BCUT2D eigenvalue weighted by molar-refractivity contribution is 7.89. The van der Waals surface area contributed by atoms with Crippen LogP contribution < -0.4 is 4.72 Å². The van der Waals surface area contributed by atoms with Gasteiger partial charge in [0.15, 0.2) is 0 Å². The fourth-order valence-electron chi connectivity index (χ4n) is 2.15. The van der Waals surface area contributed by atoms with Crippen LogP contribution in [-0.2, 0) is 14.8 Å². The fraction of sp³-hybridized carbons (Fsp3) is 0.385. The number of carbonyl (C=O) groups is 1. The molecule has 1 fully saturated rings. The monoisotopic (exact) mass is 312 g/mol. The number of halogens is 1. The molecule has 0 amide bonds. The third-order valence-electron chi connectivity index (χ3n) is 3.32. The highest BCUT2D eigenvalue weighted by atomic mass is 35.5. The minimum Gasteiger partial charge on any atom is -0.299 e. The average Bonchev–Trinajstić information content (AvgIpc) is 2.82. The van der Waals surface area contributed by atoms with Gasteiger partial charge >= 0.3 is 0 Å². The summed E-state index contributed by atoms with van der Waals surface area (Å²) in [4.78, 5) is 11.5.